The molecule has 2 saturated heterocycles. The highest BCUT2D eigenvalue weighted by Crippen LogP contribution is 2.32. The molecule has 0 aromatic carbocycles. The molecule has 3 fully saturated rings. The van der Waals surface area contributed by atoms with Crippen LogP contribution in [0.4, 0.5) is 11.6 Å². The van der Waals surface area contributed by atoms with Gasteiger partial charge < -0.3 is 14.7 Å². The Morgan fingerprint density at radius 1 is 0.808 bits per heavy atom. The van der Waals surface area contributed by atoms with E-state index in [0.29, 0.717) is 23.9 Å². The van der Waals surface area contributed by atoms with E-state index in [-0.39, 0.29) is 5.91 Å². The Hall–Kier alpha value is -2.45. The van der Waals surface area contributed by atoms with Crippen LogP contribution in [0.5, 0.6) is 0 Å². The third kappa shape index (κ3) is 2.65. The summed E-state index contributed by atoms with van der Waals surface area (Å²) >= 11 is 0. The van der Waals surface area contributed by atoms with Gasteiger partial charge in [-0.15, -0.1) is 0 Å². The van der Waals surface area contributed by atoms with Crippen LogP contribution in [0.25, 0.3) is 11.3 Å². The molecule has 0 spiro atoms. The van der Waals surface area contributed by atoms with Crippen molar-refractivity contribution in [1.29, 1.82) is 0 Å². The van der Waals surface area contributed by atoms with E-state index in [1.807, 2.05) is 4.90 Å². The molecule has 0 bridgehead atoms. The Bertz CT molecular complexity index is 811. The molecule has 9 nitrogen and oxygen atoms in total. The SMILES string of the molecule is O=C1CN(c2nc3nonc3nc2N2CCCC2)CCN1C1CCCC1. The zero-order valence-electron chi connectivity index (χ0n) is 14.8. The number of carbonyl (C=O) groups is 1. The Kier molecular flexibility index (Phi) is 3.86. The molecule has 1 amide bonds. The highest BCUT2D eigenvalue weighted by Gasteiger charge is 2.34. The first-order chi connectivity index (χ1) is 12.8. The van der Waals surface area contributed by atoms with E-state index in [2.05, 4.69) is 30.1 Å². The summed E-state index contributed by atoms with van der Waals surface area (Å²) in [5, 5.41) is 7.67. The van der Waals surface area contributed by atoms with E-state index in [9.17, 15) is 4.79 Å². The number of carbonyl (C=O) groups excluding carboxylic acids is 1. The van der Waals surface area contributed by atoms with Gasteiger partial charge >= 0.3 is 0 Å². The third-order valence-electron chi connectivity index (χ3n) is 5.81. The average molecular weight is 357 g/mol. The van der Waals surface area contributed by atoms with Crippen LogP contribution in [0.1, 0.15) is 38.5 Å². The van der Waals surface area contributed by atoms with E-state index in [1.165, 1.54) is 12.8 Å². The van der Waals surface area contributed by atoms with E-state index < -0.39 is 0 Å². The number of amides is 1. The lowest BCUT2D eigenvalue weighted by Gasteiger charge is -2.39. The molecule has 138 valence electrons. The van der Waals surface area contributed by atoms with Crippen LogP contribution in [0.3, 0.4) is 0 Å². The number of anilines is 2. The Balaban J connectivity index is 1.44. The van der Waals surface area contributed by atoms with Gasteiger partial charge in [0.15, 0.2) is 11.6 Å². The summed E-state index contributed by atoms with van der Waals surface area (Å²) in [6.45, 7) is 3.78. The number of hydrogen-bond donors (Lipinski definition) is 0. The van der Waals surface area contributed by atoms with Crippen LogP contribution >= 0.6 is 0 Å². The van der Waals surface area contributed by atoms with Crippen molar-refractivity contribution in [2.24, 2.45) is 0 Å². The zero-order valence-corrected chi connectivity index (χ0v) is 14.8. The summed E-state index contributed by atoms with van der Waals surface area (Å²) in [6.07, 6.45) is 7.04. The van der Waals surface area contributed by atoms with Gasteiger partial charge in [0.1, 0.15) is 0 Å². The van der Waals surface area contributed by atoms with Crippen molar-refractivity contribution in [1.82, 2.24) is 25.2 Å². The van der Waals surface area contributed by atoms with Gasteiger partial charge in [0.25, 0.3) is 0 Å². The van der Waals surface area contributed by atoms with Crippen molar-refractivity contribution >= 4 is 28.8 Å². The van der Waals surface area contributed by atoms with Crippen molar-refractivity contribution in [3.63, 3.8) is 0 Å². The molecule has 5 rings (SSSR count). The molecular formula is C17H23N7O2. The van der Waals surface area contributed by atoms with Crippen molar-refractivity contribution < 1.29 is 9.42 Å². The molecule has 3 aliphatic rings. The summed E-state index contributed by atoms with van der Waals surface area (Å²) in [5.41, 5.74) is 0.820. The van der Waals surface area contributed by atoms with Crippen LogP contribution < -0.4 is 9.80 Å². The molecule has 1 aliphatic carbocycles. The predicted octanol–water partition coefficient (Wildman–Crippen LogP) is 1.20. The molecular weight excluding hydrogens is 334 g/mol. The minimum absolute atomic E-state index is 0.190. The smallest absolute Gasteiger partial charge is 0.245 e. The van der Waals surface area contributed by atoms with Crippen LogP contribution in [0.2, 0.25) is 0 Å². The van der Waals surface area contributed by atoms with Crippen molar-refractivity contribution in [3.8, 4) is 0 Å². The molecule has 2 aromatic heterocycles. The van der Waals surface area contributed by atoms with E-state index in [1.54, 1.807) is 0 Å². The molecule has 2 aliphatic heterocycles. The van der Waals surface area contributed by atoms with E-state index in [4.69, 9.17) is 4.63 Å². The minimum Gasteiger partial charge on any atom is -0.353 e. The topological polar surface area (TPSA) is 91.5 Å². The zero-order chi connectivity index (χ0) is 17.5. The van der Waals surface area contributed by atoms with Gasteiger partial charge in [-0.25, -0.2) is 14.6 Å². The van der Waals surface area contributed by atoms with Crippen LogP contribution in [0.15, 0.2) is 4.63 Å². The fourth-order valence-corrected chi connectivity index (χ4v) is 4.44. The lowest BCUT2D eigenvalue weighted by atomic mass is 10.1. The maximum absolute atomic E-state index is 12.8. The molecule has 0 atom stereocenters. The first-order valence-electron chi connectivity index (χ1n) is 9.59. The summed E-state index contributed by atoms with van der Waals surface area (Å²) < 4.78 is 4.79. The second kappa shape index (κ2) is 6.37. The fraction of sp³-hybridized carbons (Fsp3) is 0.706. The molecule has 2 aromatic rings. The molecule has 0 radical (unpaired) electrons. The maximum Gasteiger partial charge on any atom is 0.245 e. The predicted molar refractivity (Wildman–Crippen MR) is 95.0 cm³/mol. The molecule has 9 heteroatoms. The van der Waals surface area contributed by atoms with Crippen molar-refractivity contribution in [2.75, 3.05) is 42.5 Å². The fourth-order valence-electron chi connectivity index (χ4n) is 4.44. The monoisotopic (exact) mass is 357 g/mol. The summed E-state index contributed by atoms with van der Waals surface area (Å²) in [4.78, 5) is 28.4. The quantitative estimate of drug-likeness (QED) is 0.809. The number of aromatic nitrogens is 4. The van der Waals surface area contributed by atoms with E-state index in [0.717, 1.165) is 63.5 Å². The second-order valence-electron chi connectivity index (χ2n) is 7.42. The van der Waals surface area contributed by atoms with Gasteiger partial charge in [0.05, 0.1) is 6.54 Å². The molecule has 26 heavy (non-hydrogen) atoms. The van der Waals surface area contributed by atoms with Crippen molar-refractivity contribution in [2.45, 2.75) is 44.6 Å². The van der Waals surface area contributed by atoms with Crippen LogP contribution in [-0.4, -0.2) is 69.9 Å². The van der Waals surface area contributed by atoms with Crippen LogP contribution in [-0.2, 0) is 4.79 Å². The van der Waals surface area contributed by atoms with Crippen molar-refractivity contribution in [3.05, 3.63) is 0 Å². The lowest BCUT2D eigenvalue weighted by molar-refractivity contribution is -0.133. The van der Waals surface area contributed by atoms with E-state index >= 15 is 0 Å². The second-order valence-corrected chi connectivity index (χ2v) is 7.42. The Morgan fingerprint density at radius 3 is 2.12 bits per heavy atom. The highest BCUT2D eigenvalue weighted by molar-refractivity contribution is 5.85. The normalized spacial score (nSPS) is 22.2. The first kappa shape index (κ1) is 15.8. The van der Waals surface area contributed by atoms with Gasteiger partial charge in [-0.05, 0) is 36.0 Å². The van der Waals surface area contributed by atoms with Crippen LogP contribution in [0, 0.1) is 0 Å². The third-order valence-corrected chi connectivity index (χ3v) is 5.81. The lowest BCUT2D eigenvalue weighted by Crippen LogP contribution is -2.54. The molecule has 0 unspecified atom stereocenters. The van der Waals surface area contributed by atoms with Gasteiger partial charge in [-0.3, -0.25) is 4.79 Å². The summed E-state index contributed by atoms with van der Waals surface area (Å²) in [5.74, 6) is 1.72. The number of nitrogens with zero attached hydrogens (tertiary/aromatic N) is 7. The summed E-state index contributed by atoms with van der Waals surface area (Å²) in [6, 6.07) is 0.427. The van der Waals surface area contributed by atoms with Gasteiger partial charge in [-0.1, -0.05) is 12.8 Å². The van der Waals surface area contributed by atoms with Gasteiger partial charge in [-0.2, -0.15) is 0 Å². The number of hydrogen-bond acceptors (Lipinski definition) is 8. The largest absolute Gasteiger partial charge is 0.353 e. The Labute approximate surface area is 151 Å². The average Bonchev–Trinajstić information content (AvgIpc) is 3.41. The number of fused-ring (bicyclic) bond motifs is 1. The summed E-state index contributed by atoms with van der Waals surface area (Å²) in [7, 11) is 0. The number of piperazine rings is 1. The van der Waals surface area contributed by atoms with Gasteiger partial charge in [0.2, 0.25) is 17.2 Å². The first-order valence-corrected chi connectivity index (χ1v) is 9.59. The number of rotatable bonds is 3. The van der Waals surface area contributed by atoms with Gasteiger partial charge in [0, 0.05) is 32.2 Å². The highest BCUT2D eigenvalue weighted by atomic mass is 16.6. The minimum atomic E-state index is 0.190. The standard InChI is InChI=1S/C17H23N7O2/c25-13-11-23(9-10-24(13)12-5-1-2-6-12)17-16(22-7-3-4-8-22)18-14-15(19-17)21-26-20-14/h12H,1-11H2. The Morgan fingerprint density at radius 2 is 1.46 bits per heavy atom. The maximum atomic E-state index is 12.8. The molecule has 4 heterocycles. The molecule has 1 saturated carbocycles. The molecule has 0 N–H and O–H groups in total.